The second kappa shape index (κ2) is 10.6. The van der Waals surface area contributed by atoms with Gasteiger partial charge < -0.3 is 24.6 Å². The number of hydrogen-bond donors (Lipinski definition) is 2. The monoisotopic (exact) mass is 356 g/mol. The van der Waals surface area contributed by atoms with Crippen molar-refractivity contribution in [3.8, 4) is 17.2 Å². The molecule has 132 valence electrons. The fourth-order valence-electron chi connectivity index (χ4n) is 1.83. The summed E-state index contributed by atoms with van der Waals surface area (Å²) in [6, 6.07) is 7.18. The van der Waals surface area contributed by atoms with Gasteiger partial charge in [-0.15, -0.1) is 12.4 Å². The highest BCUT2D eigenvalue weighted by Crippen LogP contribution is 2.21. The Bertz CT molecular complexity index is 635. The zero-order valence-electron chi connectivity index (χ0n) is 13.6. The molecule has 2 rings (SSSR count). The van der Waals surface area contributed by atoms with Crippen LogP contribution in [0.25, 0.3) is 11.5 Å². The third-order valence-corrected chi connectivity index (χ3v) is 3.02. The third-order valence-electron chi connectivity index (χ3n) is 3.02. The lowest BCUT2D eigenvalue weighted by Crippen LogP contribution is -2.33. The predicted octanol–water partition coefficient (Wildman–Crippen LogP) is 1.13. The van der Waals surface area contributed by atoms with E-state index in [1.807, 2.05) is 12.1 Å². The van der Waals surface area contributed by atoms with Gasteiger partial charge in [-0.1, -0.05) is 11.2 Å². The fourth-order valence-corrected chi connectivity index (χ4v) is 1.83. The topological polar surface area (TPSA) is 98.5 Å². The predicted molar refractivity (Wildman–Crippen MR) is 90.6 cm³/mol. The Morgan fingerprint density at radius 3 is 2.83 bits per heavy atom. The highest BCUT2D eigenvalue weighted by atomic mass is 35.5. The van der Waals surface area contributed by atoms with E-state index in [1.54, 1.807) is 26.4 Å². The van der Waals surface area contributed by atoms with Gasteiger partial charge in [0.25, 0.3) is 17.6 Å². The van der Waals surface area contributed by atoms with E-state index in [0.717, 1.165) is 6.54 Å². The van der Waals surface area contributed by atoms with Crippen molar-refractivity contribution in [2.45, 2.75) is 0 Å². The molecule has 2 N–H and O–H groups in total. The number of aromatic nitrogens is 2. The van der Waals surface area contributed by atoms with Crippen LogP contribution in [0.3, 0.4) is 0 Å². The maximum atomic E-state index is 11.9. The molecule has 0 spiro atoms. The molecule has 0 bridgehead atoms. The number of carbonyl (C=O) groups is 1. The van der Waals surface area contributed by atoms with Crippen LogP contribution in [0.2, 0.25) is 0 Å². The summed E-state index contributed by atoms with van der Waals surface area (Å²) in [5, 5.41) is 9.53. The average molecular weight is 357 g/mol. The lowest BCUT2D eigenvalue weighted by molar-refractivity contribution is 0.0940. The summed E-state index contributed by atoms with van der Waals surface area (Å²) in [5.41, 5.74) is 0.692. The first kappa shape index (κ1) is 19.9. The van der Waals surface area contributed by atoms with E-state index in [4.69, 9.17) is 14.0 Å². The molecule has 0 fully saturated rings. The molecule has 1 aromatic heterocycles. The number of rotatable bonds is 9. The maximum absolute atomic E-state index is 11.9. The Morgan fingerprint density at radius 2 is 2.08 bits per heavy atom. The zero-order valence-corrected chi connectivity index (χ0v) is 14.4. The summed E-state index contributed by atoms with van der Waals surface area (Å²) in [6.07, 6.45) is 0. The molecule has 24 heavy (non-hydrogen) atoms. The van der Waals surface area contributed by atoms with Gasteiger partial charge in [-0.25, -0.2) is 0 Å². The van der Waals surface area contributed by atoms with Crippen molar-refractivity contribution in [1.29, 1.82) is 0 Å². The van der Waals surface area contributed by atoms with E-state index in [1.165, 1.54) is 0 Å². The molecule has 1 aromatic carbocycles. The molecule has 0 saturated carbocycles. The summed E-state index contributed by atoms with van der Waals surface area (Å²) in [7, 11) is 3.21. The van der Waals surface area contributed by atoms with Gasteiger partial charge in [-0.3, -0.25) is 4.79 Å². The molecule has 8 nitrogen and oxygen atoms in total. The second-order valence-electron chi connectivity index (χ2n) is 4.65. The minimum absolute atomic E-state index is 0. The molecular weight excluding hydrogens is 336 g/mol. The van der Waals surface area contributed by atoms with Crippen LogP contribution in [0.4, 0.5) is 0 Å². The van der Waals surface area contributed by atoms with Crippen LogP contribution in [0, 0.1) is 0 Å². The Hall–Kier alpha value is -2.16. The van der Waals surface area contributed by atoms with Gasteiger partial charge in [0.1, 0.15) is 5.75 Å². The van der Waals surface area contributed by atoms with E-state index in [-0.39, 0.29) is 30.0 Å². The van der Waals surface area contributed by atoms with Crippen molar-refractivity contribution < 1.29 is 18.8 Å². The highest BCUT2D eigenvalue weighted by Gasteiger charge is 2.15. The molecule has 0 radical (unpaired) electrons. The minimum Gasteiger partial charge on any atom is -0.497 e. The number of benzene rings is 1. The van der Waals surface area contributed by atoms with Crippen molar-refractivity contribution in [3.63, 3.8) is 0 Å². The summed E-state index contributed by atoms with van der Waals surface area (Å²) in [4.78, 5) is 16.0. The Morgan fingerprint density at radius 1 is 1.25 bits per heavy atom. The minimum atomic E-state index is -0.378. The number of methoxy groups -OCH3 is 2. The summed E-state index contributed by atoms with van der Waals surface area (Å²) >= 11 is 0. The van der Waals surface area contributed by atoms with E-state index in [0.29, 0.717) is 31.0 Å². The SMILES string of the molecule is COCCNCCNC(=O)c1noc(-c2cccc(OC)c2)n1.Cl. The van der Waals surface area contributed by atoms with Gasteiger partial charge >= 0.3 is 0 Å². The smallest absolute Gasteiger partial charge is 0.292 e. The van der Waals surface area contributed by atoms with Gasteiger partial charge in [-0.05, 0) is 18.2 Å². The van der Waals surface area contributed by atoms with E-state index in [9.17, 15) is 4.79 Å². The van der Waals surface area contributed by atoms with E-state index >= 15 is 0 Å². The number of hydrogen-bond acceptors (Lipinski definition) is 7. The normalized spacial score (nSPS) is 10.1. The van der Waals surface area contributed by atoms with E-state index < -0.39 is 0 Å². The maximum Gasteiger partial charge on any atom is 0.292 e. The van der Waals surface area contributed by atoms with Gasteiger partial charge in [0.15, 0.2) is 0 Å². The number of halogens is 1. The molecule has 2 aromatic rings. The van der Waals surface area contributed by atoms with Crippen molar-refractivity contribution in [2.24, 2.45) is 0 Å². The van der Waals surface area contributed by atoms with Crippen LogP contribution in [0.5, 0.6) is 5.75 Å². The molecule has 0 aliphatic heterocycles. The number of nitrogens with zero attached hydrogens (tertiary/aromatic N) is 2. The Labute approximate surface area is 146 Å². The van der Waals surface area contributed by atoms with Gasteiger partial charge in [0.2, 0.25) is 0 Å². The number of carbonyl (C=O) groups excluding carboxylic acids is 1. The lowest BCUT2D eigenvalue weighted by Gasteiger charge is -2.04. The Balaban J connectivity index is 0.00000288. The van der Waals surface area contributed by atoms with Gasteiger partial charge in [-0.2, -0.15) is 4.98 Å². The molecule has 0 aliphatic rings. The van der Waals surface area contributed by atoms with Crippen molar-refractivity contribution in [3.05, 3.63) is 30.1 Å². The van der Waals surface area contributed by atoms with Crippen molar-refractivity contribution in [1.82, 2.24) is 20.8 Å². The molecule has 0 saturated heterocycles. The first-order valence-electron chi connectivity index (χ1n) is 7.20. The van der Waals surface area contributed by atoms with Gasteiger partial charge in [0, 0.05) is 32.3 Å². The van der Waals surface area contributed by atoms with Crippen molar-refractivity contribution in [2.75, 3.05) is 40.5 Å². The molecular formula is C15H21ClN4O4. The zero-order chi connectivity index (χ0) is 16.5. The fraction of sp³-hybridized carbons (Fsp3) is 0.400. The summed E-state index contributed by atoms with van der Waals surface area (Å²) < 4.78 is 15.2. The second-order valence-corrected chi connectivity index (χ2v) is 4.65. The molecule has 0 unspecified atom stereocenters. The van der Waals surface area contributed by atoms with Crippen LogP contribution in [-0.2, 0) is 4.74 Å². The van der Waals surface area contributed by atoms with Gasteiger partial charge in [0.05, 0.1) is 13.7 Å². The third kappa shape index (κ3) is 5.80. The standard InChI is InChI=1S/C15H20N4O4.ClH/c1-21-9-8-16-6-7-17-14(20)13-18-15(23-19-13)11-4-3-5-12(10-11)22-2;/h3-5,10,16H,6-9H2,1-2H3,(H,17,20);1H. The van der Waals surface area contributed by atoms with Crippen LogP contribution < -0.4 is 15.4 Å². The lowest BCUT2D eigenvalue weighted by atomic mass is 10.2. The van der Waals surface area contributed by atoms with E-state index in [2.05, 4.69) is 20.8 Å². The van der Waals surface area contributed by atoms with Crippen LogP contribution >= 0.6 is 12.4 Å². The van der Waals surface area contributed by atoms with Crippen LogP contribution in [0.15, 0.2) is 28.8 Å². The highest BCUT2D eigenvalue weighted by molar-refractivity contribution is 5.90. The average Bonchev–Trinajstić information content (AvgIpc) is 3.08. The molecule has 1 amide bonds. The number of nitrogens with one attached hydrogen (secondary N) is 2. The molecule has 9 heteroatoms. The largest absolute Gasteiger partial charge is 0.497 e. The number of amides is 1. The summed E-state index contributed by atoms with van der Waals surface area (Å²) in [5.74, 6) is 0.567. The first-order valence-corrected chi connectivity index (χ1v) is 7.20. The van der Waals surface area contributed by atoms with Crippen molar-refractivity contribution >= 4 is 18.3 Å². The quantitative estimate of drug-likeness (QED) is 0.650. The first-order chi connectivity index (χ1) is 11.2. The van der Waals surface area contributed by atoms with Crippen LogP contribution in [0.1, 0.15) is 10.6 Å². The molecule has 1 heterocycles. The summed E-state index contributed by atoms with van der Waals surface area (Å²) in [6.45, 7) is 2.46. The molecule has 0 aliphatic carbocycles. The Kier molecular flexibility index (Phi) is 8.77. The number of ether oxygens (including phenoxy) is 2. The van der Waals surface area contributed by atoms with Crippen LogP contribution in [-0.4, -0.2) is 56.5 Å². The molecule has 0 atom stereocenters.